The number of ether oxygens (including phenoxy) is 4. The van der Waals surface area contributed by atoms with Crippen LogP contribution in [0.3, 0.4) is 0 Å². The van der Waals surface area contributed by atoms with Gasteiger partial charge in [0.05, 0.1) is 40.3 Å². The van der Waals surface area contributed by atoms with Gasteiger partial charge in [0, 0.05) is 12.8 Å². The lowest BCUT2D eigenvalue weighted by molar-refractivity contribution is -0.870. The van der Waals surface area contributed by atoms with Crippen molar-refractivity contribution in [3.8, 4) is 0 Å². The van der Waals surface area contributed by atoms with E-state index in [0.29, 0.717) is 23.9 Å². The topological polar surface area (TPSA) is 111 Å². The van der Waals surface area contributed by atoms with Crippen LogP contribution < -0.4 is 5.11 Å². The highest BCUT2D eigenvalue weighted by Crippen LogP contribution is 2.18. The number of allylic oxidation sites excluding steroid dienone is 18. The van der Waals surface area contributed by atoms with E-state index in [2.05, 4.69) is 123 Å². The number of quaternary nitrogens is 1. The van der Waals surface area contributed by atoms with Crippen LogP contribution in [0.2, 0.25) is 0 Å². The first-order chi connectivity index (χ1) is 42.6. The van der Waals surface area contributed by atoms with Gasteiger partial charge in [-0.15, -0.1) is 0 Å². The summed E-state index contributed by atoms with van der Waals surface area (Å²) in [5.74, 6) is -2.27. The molecule has 9 heteroatoms. The van der Waals surface area contributed by atoms with Crippen molar-refractivity contribution in [2.24, 2.45) is 0 Å². The number of hydrogen-bond donors (Lipinski definition) is 0. The lowest BCUT2D eigenvalue weighted by Gasteiger charge is -2.26. The Kier molecular flexibility index (Phi) is 64.7. The van der Waals surface area contributed by atoms with Crippen molar-refractivity contribution >= 4 is 17.9 Å². The Labute approximate surface area is 536 Å². The predicted molar refractivity (Wildman–Crippen MR) is 370 cm³/mol. The fourth-order valence-electron chi connectivity index (χ4n) is 10.1. The molecule has 9 nitrogen and oxygen atoms in total. The number of unbranched alkanes of at least 4 members (excludes halogenated alkanes) is 33. The zero-order valence-corrected chi connectivity index (χ0v) is 57.1. The summed E-state index contributed by atoms with van der Waals surface area (Å²) in [7, 11) is 5.93. The van der Waals surface area contributed by atoms with Gasteiger partial charge in [-0.05, 0) is 96.3 Å². The van der Waals surface area contributed by atoms with Crippen LogP contribution in [0.4, 0.5) is 0 Å². The molecular weight excluding hydrogens is 1080 g/mol. The van der Waals surface area contributed by atoms with Crippen molar-refractivity contribution in [1.82, 2.24) is 0 Å². The first-order valence-electron chi connectivity index (χ1n) is 36.0. The lowest BCUT2D eigenvalue weighted by Crippen LogP contribution is -2.44. The number of nitrogens with zero attached hydrogens (tertiary/aromatic N) is 1. The van der Waals surface area contributed by atoms with E-state index >= 15 is 0 Å². The standard InChI is InChI=1S/C78H135NO8/c1-6-8-10-12-14-16-18-20-22-24-26-28-30-32-34-36-37-38-39-41-42-44-46-48-50-52-54-56-58-60-62-64-66-68-75(80)85-72-74(73-86-78(77(82)83)84-71-70-79(3,4)5)87-76(81)69-67-65-63-61-59-57-55-53-51-49-47-45-43-40-35-33-31-29-27-25-23-21-19-17-15-13-11-9-7-2/h8-11,14-17,20-23,26-29,33,35,74,78H,6-7,12-13,18-19,24-25,30-32,34,36-73H2,1-5H3/b10-8-,11-9-,16-14-,17-15-,22-20-,23-21-,28-26-,29-27-,35-33-. The summed E-state index contributed by atoms with van der Waals surface area (Å²) in [5, 5.41) is 11.8. The highest BCUT2D eigenvalue weighted by Gasteiger charge is 2.22. The molecule has 0 spiro atoms. The van der Waals surface area contributed by atoms with Crippen LogP contribution in [0.15, 0.2) is 109 Å². The van der Waals surface area contributed by atoms with Crippen LogP contribution in [0.1, 0.15) is 309 Å². The Morgan fingerprint density at radius 3 is 0.920 bits per heavy atom. The van der Waals surface area contributed by atoms with Gasteiger partial charge in [-0.2, -0.15) is 0 Å². The molecule has 0 aliphatic heterocycles. The molecular formula is C78H135NO8. The third-order valence-corrected chi connectivity index (χ3v) is 15.5. The van der Waals surface area contributed by atoms with Crippen molar-refractivity contribution in [2.75, 3.05) is 47.5 Å². The van der Waals surface area contributed by atoms with Crippen molar-refractivity contribution < 1.29 is 42.9 Å². The zero-order valence-electron chi connectivity index (χ0n) is 57.1. The van der Waals surface area contributed by atoms with Crippen molar-refractivity contribution in [1.29, 1.82) is 0 Å². The number of carbonyl (C=O) groups is 3. The molecule has 0 saturated carbocycles. The van der Waals surface area contributed by atoms with Gasteiger partial charge >= 0.3 is 11.9 Å². The summed E-state index contributed by atoms with van der Waals surface area (Å²) in [6.45, 7) is 4.55. The van der Waals surface area contributed by atoms with Gasteiger partial charge < -0.3 is 33.3 Å². The van der Waals surface area contributed by atoms with Crippen LogP contribution in [-0.2, 0) is 33.3 Å². The number of rotatable bonds is 66. The Hall–Kier alpha value is -4.05. The molecule has 0 aromatic rings. The minimum absolute atomic E-state index is 0.145. The summed E-state index contributed by atoms with van der Waals surface area (Å²) in [6.07, 6.45) is 91.8. The summed E-state index contributed by atoms with van der Waals surface area (Å²) in [4.78, 5) is 37.5. The third-order valence-electron chi connectivity index (χ3n) is 15.5. The molecule has 0 bridgehead atoms. The first-order valence-corrected chi connectivity index (χ1v) is 36.0. The van der Waals surface area contributed by atoms with Crippen LogP contribution in [0.5, 0.6) is 0 Å². The first kappa shape index (κ1) is 83.0. The summed E-state index contributed by atoms with van der Waals surface area (Å²) >= 11 is 0. The molecule has 0 saturated heterocycles. The Bertz CT molecular complexity index is 1800. The van der Waals surface area contributed by atoms with E-state index in [-0.39, 0.29) is 32.2 Å². The SMILES string of the molecule is CC/C=C\C/C=C\C/C=C\C/C=C\C/C=C\CCCCCCCCCCCCCCCC(=O)OC(COC(=O)CCCCCCCCCCCCCCCCCCCCCC/C=C\C/C=C\C/C=C\C/C=C\CC)COC(OCC[N+](C)(C)C)C(=O)[O-]. The Morgan fingerprint density at radius 2 is 0.621 bits per heavy atom. The fourth-order valence-corrected chi connectivity index (χ4v) is 10.1. The molecule has 0 amide bonds. The number of likely N-dealkylation sites (N-methyl/N-ethyl adjacent to an activating group) is 1. The van der Waals surface area contributed by atoms with E-state index < -0.39 is 24.3 Å². The maximum absolute atomic E-state index is 12.9. The minimum Gasteiger partial charge on any atom is -0.545 e. The quantitative estimate of drug-likeness (QED) is 0.0195. The Balaban J connectivity index is 4.08. The van der Waals surface area contributed by atoms with Crippen molar-refractivity contribution in [3.63, 3.8) is 0 Å². The lowest BCUT2D eigenvalue weighted by atomic mass is 10.0. The number of aliphatic carboxylic acids is 1. The molecule has 0 radical (unpaired) electrons. The van der Waals surface area contributed by atoms with Crippen molar-refractivity contribution in [3.05, 3.63) is 109 Å². The van der Waals surface area contributed by atoms with Crippen LogP contribution >= 0.6 is 0 Å². The molecule has 0 aliphatic rings. The number of hydrogen-bond acceptors (Lipinski definition) is 8. The summed E-state index contributed by atoms with van der Waals surface area (Å²) in [6, 6.07) is 0. The highest BCUT2D eigenvalue weighted by molar-refractivity contribution is 5.70. The smallest absolute Gasteiger partial charge is 0.306 e. The summed E-state index contributed by atoms with van der Waals surface area (Å²) < 4.78 is 22.8. The highest BCUT2D eigenvalue weighted by atomic mass is 16.7. The van der Waals surface area contributed by atoms with Crippen LogP contribution in [0, 0.1) is 0 Å². The molecule has 0 aromatic heterocycles. The largest absolute Gasteiger partial charge is 0.545 e. The molecule has 0 N–H and O–H groups in total. The number of esters is 2. The second-order valence-electron chi connectivity index (χ2n) is 25.1. The van der Waals surface area contributed by atoms with Gasteiger partial charge in [0.1, 0.15) is 13.2 Å². The summed E-state index contributed by atoms with van der Waals surface area (Å²) in [5.41, 5.74) is 0. The molecule has 2 unspecified atom stereocenters. The molecule has 0 rings (SSSR count). The fraction of sp³-hybridized carbons (Fsp3) is 0.731. The average Bonchev–Trinajstić information content (AvgIpc) is 3.57. The van der Waals surface area contributed by atoms with E-state index in [4.69, 9.17) is 18.9 Å². The van der Waals surface area contributed by atoms with Gasteiger partial charge in [0.2, 0.25) is 0 Å². The molecule has 0 fully saturated rings. The number of carboxylic acids is 1. The third kappa shape index (κ3) is 69.3. The maximum atomic E-state index is 12.9. The predicted octanol–water partition coefficient (Wildman–Crippen LogP) is 21.2. The second kappa shape index (κ2) is 67.9. The monoisotopic (exact) mass is 1210 g/mol. The van der Waals surface area contributed by atoms with Crippen LogP contribution in [-0.4, -0.2) is 82.3 Å². The van der Waals surface area contributed by atoms with Crippen LogP contribution in [0.25, 0.3) is 0 Å². The maximum Gasteiger partial charge on any atom is 0.306 e. The second-order valence-corrected chi connectivity index (χ2v) is 25.1. The molecule has 0 aliphatic carbocycles. The van der Waals surface area contributed by atoms with Gasteiger partial charge in [-0.1, -0.05) is 309 Å². The zero-order chi connectivity index (χ0) is 63.3. The molecule has 2 atom stereocenters. The van der Waals surface area contributed by atoms with Crippen molar-refractivity contribution in [2.45, 2.75) is 322 Å². The van der Waals surface area contributed by atoms with E-state index in [1.54, 1.807) is 0 Å². The van der Waals surface area contributed by atoms with Gasteiger partial charge in [0.25, 0.3) is 0 Å². The molecule has 0 heterocycles. The molecule has 500 valence electrons. The number of carbonyl (C=O) groups excluding carboxylic acids is 3. The van der Waals surface area contributed by atoms with E-state index in [9.17, 15) is 19.5 Å². The van der Waals surface area contributed by atoms with E-state index in [1.807, 2.05) is 21.1 Å². The molecule has 87 heavy (non-hydrogen) atoms. The average molecular weight is 1210 g/mol. The van der Waals surface area contributed by atoms with Gasteiger partial charge in [-0.25, -0.2) is 0 Å². The van der Waals surface area contributed by atoms with E-state index in [0.717, 1.165) is 96.3 Å². The normalized spacial score (nSPS) is 13.3. The van der Waals surface area contributed by atoms with Gasteiger partial charge in [-0.3, -0.25) is 9.59 Å². The minimum atomic E-state index is -1.63. The Morgan fingerprint density at radius 1 is 0.345 bits per heavy atom. The molecule has 0 aromatic carbocycles. The van der Waals surface area contributed by atoms with Gasteiger partial charge in [0.15, 0.2) is 12.4 Å². The number of carboxylic acid groups (broad SMARTS) is 1. The van der Waals surface area contributed by atoms with E-state index in [1.165, 1.54) is 180 Å².